The van der Waals surface area contributed by atoms with Gasteiger partial charge in [0.25, 0.3) is 0 Å². The van der Waals surface area contributed by atoms with Crippen LogP contribution in [-0.2, 0) is 0 Å². The summed E-state index contributed by atoms with van der Waals surface area (Å²) in [6, 6.07) is 0.956. The topological polar surface area (TPSA) is 15.3 Å². The van der Waals surface area contributed by atoms with Crippen LogP contribution >= 0.6 is 0 Å². The molecule has 0 amide bonds. The molecule has 2 fully saturated rings. The van der Waals surface area contributed by atoms with Gasteiger partial charge in [-0.15, -0.1) is 0 Å². The molecule has 0 spiro atoms. The van der Waals surface area contributed by atoms with Gasteiger partial charge in [-0.1, -0.05) is 26.2 Å². The smallest absolute Gasteiger partial charge is 0.0110 e. The van der Waals surface area contributed by atoms with Crippen molar-refractivity contribution in [3.05, 3.63) is 0 Å². The quantitative estimate of drug-likeness (QED) is 0.557. The summed E-state index contributed by atoms with van der Waals surface area (Å²) in [7, 11) is 0. The van der Waals surface area contributed by atoms with E-state index in [1.165, 1.54) is 77.5 Å². The molecule has 2 saturated carbocycles. The Hall–Kier alpha value is -0.0800. The minimum absolute atomic E-state index is 0.956. The number of hydrogen-bond donors (Lipinski definition) is 1. The first-order chi connectivity index (χ1) is 8.40. The summed E-state index contributed by atoms with van der Waals surface area (Å²) in [5.74, 6) is 1.06. The maximum Gasteiger partial charge on any atom is 0.0110 e. The Bertz CT molecular complexity index is 197. The number of unbranched alkanes of at least 4 members (excludes halogenated alkanes) is 3. The van der Waals surface area contributed by atoms with E-state index in [-0.39, 0.29) is 0 Å². The van der Waals surface area contributed by atoms with Gasteiger partial charge in [0.05, 0.1) is 0 Å². The second kappa shape index (κ2) is 7.38. The number of hydrogen-bond acceptors (Lipinski definition) is 2. The van der Waals surface area contributed by atoms with Crippen molar-refractivity contribution in [2.24, 2.45) is 5.92 Å². The molecule has 0 aromatic heterocycles. The highest BCUT2D eigenvalue weighted by atomic mass is 15.2. The molecular formula is C15H30N2. The lowest BCUT2D eigenvalue weighted by Crippen LogP contribution is -2.35. The van der Waals surface area contributed by atoms with Crippen molar-refractivity contribution in [2.45, 2.75) is 64.3 Å². The molecule has 17 heavy (non-hydrogen) atoms. The van der Waals surface area contributed by atoms with Crippen molar-refractivity contribution in [3.63, 3.8) is 0 Å². The Balaban J connectivity index is 1.44. The van der Waals surface area contributed by atoms with Crippen molar-refractivity contribution < 1.29 is 0 Å². The van der Waals surface area contributed by atoms with E-state index in [9.17, 15) is 0 Å². The fourth-order valence-corrected chi connectivity index (χ4v) is 2.52. The molecule has 2 heteroatoms. The van der Waals surface area contributed by atoms with Crippen LogP contribution in [0.25, 0.3) is 0 Å². The molecule has 0 atom stereocenters. The van der Waals surface area contributed by atoms with Crippen molar-refractivity contribution in [3.8, 4) is 0 Å². The van der Waals surface area contributed by atoms with Crippen LogP contribution < -0.4 is 5.32 Å². The molecule has 2 aliphatic rings. The van der Waals surface area contributed by atoms with E-state index in [0.717, 1.165) is 12.0 Å². The van der Waals surface area contributed by atoms with Gasteiger partial charge in [-0.05, 0) is 44.6 Å². The predicted octanol–water partition coefficient (Wildman–Crippen LogP) is 3.03. The molecule has 0 aromatic carbocycles. The van der Waals surface area contributed by atoms with Gasteiger partial charge in [0.1, 0.15) is 0 Å². The van der Waals surface area contributed by atoms with Gasteiger partial charge >= 0.3 is 0 Å². The molecule has 1 N–H and O–H groups in total. The largest absolute Gasteiger partial charge is 0.315 e. The molecule has 0 unspecified atom stereocenters. The molecule has 0 saturated heterocycles. The van der Waals surface area contributed by atoms with Gasteiger partial charge in [0.2, 0.25) is 0 Å². The first-order valence-electron chi connectivity index (χ1n) is 7.85. The summed E-state index contributed by atoms with van der Waals surface area (Å²) >= 11 is 0. The van der Waals surface area contributed by atoms with Crippen LogP contribution in [0.2, 0.25) is 0 Å². The molecular weight excluding hydrogens is 208 g/mol. The average Bonchev–Trinajstić information content (AvgIpc) is 3.17. The van der Waals surface area contributed by atoms with Gasteiger partial charge in [-0.25, -0.2) is 0 Å². The van der Waals surface area contributed by atoms with Gasteiger partial charge in [0.15, 0.2) is 0 Å². The Morgan fingerprint density at radius 2 is 1.82 bits per heavy atom. The van der Waals surface area contributed by atoms with Crippen molar-refractivity contribution in [1.82, 2.24) is 10.2 Å². The standard InChI is InChI=1S/C15H30N2/c1-2-3-4-5-10-16-11-12-17(15-8-9-15)13-14-6-7-14/h14-16H,2-13H2,1H3. The van der Waals surface area contributed by atoms with Crippen LogP contribution in [0.1, 0.15) is 58.3 Å². The fourth-order valence-electron chi connectivity index (χ4n) is 2.52. The number of rotatable bonds is 11. The minimum Gasteiger partial charge on any atom is -0.315 e. The minimum atomic E-state index is 0.956. The van der Waals surface area contributed by atoms with Crippen LogP contribution in [0.5, 0.6) is 0 Å². The Labute approximate surface area is 107 Å². The summed E-state index contributed by atoms with van der Waals surface area (Å²) in [4.78, 5) is 2.75. The van der Waals surface area contributed by atoms with E-state index < -0.39 is 0 Å². The Morgan fingerprint density at radius 3 is 2.47 bits per heavy atom. The summed E-state index contributed by atoms with van der Waals surface area (Å²) in [6.07, 6.45) is 11.4. The van der Waals surface area contributed by atoms with Crippen molar-refractivity contribution in [2.75, 3.05) is 26.2 Å². The van der Waals surface area contributed by atoms with Crippen LogP contribution in [0.4, 0.5) is 0 Å². The summed E-state index contributed by atoms with van der Waals surface area (Å²) in [5, 5.41) is 3.61. The Kier molecular flexibility index (Phi) is 5.79. The zero-order chi connectivity index (χ0) is 11.9. The lowest BCUT2D eigenvalue weighted by atomic mass is 10.2. The molecule has 0 aromatic rings. The molecule has 2 nitrogen and oxygen atoms in total. The van der Waals surface area contributed by atoms with E-state index in [0.29, 0.717) is 0 Å². The van der Waals surface area contributed by atoms with E-state index in [1.54, 1.807) is 0 Å². The van der Waals surface area contributed by atoms with Gasteiger partial charge in [-0.2, -0.15) is 0 Å². The third kappa shape index (κ3) is 5.87. The molecule has 2 aliphatic carbocycles. The lowest BCUT2D eigenvalue weighted by Gasteiger charge is -2.21. The second-order valence-corrected chi connectivity index (χ2v) is 5.98. The second-order valence-electron chi connectivity index (χ2n) is 5.98. The van der Waals surface area contributed by atoms with E-state index in [1.807, 2.05) is 0 Å². The maximum atomic E-state index is 3.61. The van der Waals surface area contributed by atoms with E-state index in [2.05, 4.69) is 17.1 Å². The molecule has 2 rings (SSSR count). The SMILES string of the molecule is CCCCCCNCCN(CC1CC1)C1CC1. The highest BCUT2D eigenvalue weighted by Crippen LogP contribution is 2.34. The van der Waals surface area contributed by atoms with Gasteiger partial charge < -0.3 is 5.32 Å². The van der Waals surface area contributed by atoms with E-state index in [4.69, 9.17) is 0 Å². The molecule has 0 radical (unpaired) electrons. The zero-order valence-corrected chi connectivity index (χ0v) is 11.6. The third-order valence-electron chi connectivity index (χ3n) is 4.04. The first-order valence-corrected chi connectivity index (χ1v) is 7.85. The molecule has 0 aliphatic heterocycles. The summed E-state index contributed by atoms with van der Waals surface area (Å²) in [6.45, 7) is 7.38. The van der Waals surface area contributed by atoms with Crippen LogP contribution in [-0.4, -0.2) is 37.1 Å². The van der Waals surface area contributed by atoms with Crippen LogP contribution in [0.3, 0.4) is 0 Å². The molecule has 0 heterocycles. The Morgan fingerprint density at radius 1 is 1.00 bits per heavy atom. The lowest BCUT2D eigenvalue weighted by molar-refractivity contribution is 0.252. The third-order valence-corrected chi connectivity index (χ3v) is 4.04. The van der Waals surface area contributed by atoms with Gasteiger partial charge in [-0.3, -0.25) is 4.90 Å². The highest BCUT2D eigenvalue weighted by Gasteiger charge is 2.32. The highest BCUT2D eigenvalue weighted by molar-refractivity contribution is 4.88. The molecule has 100 valence electrons. The zero-order valence-electron chi connectivity index (χ0n) is 11.6. The van der Waals surface area contributed by atoms with Crippen LogP contribution in [0, 0.1) is 5.92 Å². The van der Waals surface area contributed by atoms with E-state index >= 15 is 0 Å². The average molecular weight is 238 g/mol. The van der Waals surface area contributed by atoms with Crippen molar-refractivity contribution >= 4 is 0 Å². The molecule has 0 bridgehead atoms. The summed E-state index contributed by atoms with van der Waals surface area (Å²) in [5.41, 5.74) is 0. The van der Waals surface area contributed by atoms with Gasteiger partial charge in [0, 0.05) is 25.7 Å². The fraction of sp³-hybridized carbons (Fsp3) is 1.00. The summed E-state index contributed by atoms with van der Waals surface area (Å²) < 4.78 is 0. The number of nitrogens with zero attached hydrogens (tertiary/aromatic N) is 1. The maximum absolute atomic E-state index is 3.61. The normalized spacial score (nSPS) is 20.1. The predicted molar refractivity (Wildman–Crippen MR) is 74.3 cm³/mol. The first kappa shape index (κ1) is 13.4. The number of nitrogens with one attached hydrogen (secondary N) is 1. The monoisotopic (exact) mass is 238 g/mol. The van der Waals surface area contributed by atoms with Crippen LogP contribution in [0.15, 0.2) is 0 Å². The van der Waals surface area contributed by atoms with Crippen molar-refractivity contribution in [1.29, 1.82) is 0 Å².